The Morgan fingerprint density at radius 1 is 1.00 bits per heavy atom. The molecule has 0 aromatic heterocycles. The fourth-order valence-electron chi connectivity index (χ4n) is 3.24. The SMILES string of the molecule is SCCOCCN1CCC2(CCCC2)CC1. The molecule has 1 aliphatic carbocycles. The van der Waals surface area contributed by atoms with Crippen LogP contribution in [0.25, 0.3) is 0 Å². The maximum atomic E-state index is 5.48. The van der Waals surface area contributed by atoms with E-state index in [1.807, 2.05) is 0 Å². The van der Waals surface area contributed by atoms with Gasteiger partial charge in [0.1, 0.15) is 0 Å². The minimum atomic E-state index is 0.752. The Morgan fingerprint density at radius 3 is 2.31 bits per heavy atom. The van der Waals surface area contributed by atoms with Gasteiger partial charge in [-0.2, -0.15) is 12.6 Å². The molecule has 0 unspecified atom stereocenters. The first kappa shape index (κ1) is 12.7. The molecule has 3 heteroatoms. The number of nitrogens with zero attached hydrogens (tertiary/aromatic N) is 1. The molecule has 0 radical (unpaired) electrons. The van der Waals surface area contributed by atoms with Crippen LogP contribution in [-0.4, -0.2) is 43.5 Å². The van der Waals surface area contributed by atoms with Gasteiger partial charge in [-0.1, -0.05) is 12.8 Å². The van der Waals surface area contributed by atoms with Crippen molar-refractivity contribution in [2.24, 2.45) is 5.41 Å². The number of hydrogen-bond acceptors (Lipinski definition) is 3. The monoisotopic (exact) mass is 243 g/mol. The van der Waals surface area contributed by atoms with Crippen molar-refractivity contribution in [1.29, 1.82) is 0 Å². The predicted molar refractivity (Wildman–Crippen MR) is 71.2 cm³/mol. The van der Waals surface area contributed by atoms with Gasteiger partial charge in [-0.15, -0.1) is 0 Å². The van der Waals surface area contributed by atoms with Gasteiger partial charge in [0, 0.05) is 12.3 Å². The van der Waals surface area contributed by atoms with E-state index in [-0.39, 0.29) is 0 Å². The number of piperidine rings is 1. The van der Waals surface area contributed by atoms with Crippen LogP contribution in [0.4, 0.5) is 0 Å². The van der Waals surface area contributed by atoms with Crippen LogP contribution in [-0.2, 0) is 4.74 Å². The van der Waals surface area contributed by atoms with Crippen LogP contribution in [0, 0.1) is 5.41 Å². The molecule has 2 fully saturated rings. The van der Waals surface area contributed by atoms with Crippen molar-refractivity contribution in [3.05, 3.63) is 0 Å². The van der Waals surface area contributed by atoms with Crippen molar-refractivity contribution in [1.82, 2.24) is 4.90 Å². The molecule has 16 heavy (non-hydrogen) atoms. The molecule has 2 rings (SSSR count). The molecule has 0 aromatic rings. The van der Waals surface area contributed by atoms with Crippen molar-refractivity contribution in [2.45, 2.75) is 38.5 Å². The zero-order valence-electron chi connectivity index (χ0n) is 10.3. The van der Waals surface area contributed by atoms with E-state index < -0.39 is 0 Å². The van der Waals surface area contributed by atoms with E-state index in [9.17, 15) is 0 Å². The Hall–Kier alpha value is 0.270. The average molecular weight is 243 g/mol. The maximum absolute atomic E-state index is 5.48. The van der Waals surface area contributed by atoms with E-state index in [1.54, 1.807) is 0 Å². The third kappa shape index (κ3) is 3.38. The second-order valence-electron chi connectivity index (χ2n) is 5.38. The van der Waals surface area contributed by atoms with Gasteiger partial charge in [-0.3, -0.25) is 0 Å². The maximum Gasteiger partial charge on any atom is 0.0593 e. The van der Waals surface area contributed by atoms with Crippen LogP contribution >= 0.6 is 12.6 Å². The molecule has 0 aromatic carbocycles. The first-order chi connectivity index (χ1) is 7.85. The van der Waals surface area contributed by atoms with Gasteiger partial charge in [-0.05, 0) is 44.2 Å². The molecular formula is C13H25NOS. The summed E-state index contributed by atoms with van der Waals surface area (Å²) < 4.78 is 5.48. The molecule has 1 saturated carbocycles. The van der Waals surface area contributed by atoms with Crippen molar-refractivity contribution < 1.29 is 4.74 Å². The summed E-state index contributed by atoms with van der Waals surface area (Å²) in [5.41, 5.74) is 0.752. The quantitative estimate of drug-likeness (QED) is 0.588. The summed E-state index contributed by atoms with van der Waals surface area (Å²) in [6, 6.07) is 0. The number of hydrogen-bond donors (Lipinski definition) is 1. The van der Waals surface area contributed by atoms with Crippen LogP contribution in [0.3, 0.4) is 0 Å². The van der Waals surface area contributed by atoms with Gasteiger partial charge < -0.3 is 9.64 Å². The Kier molecular flexibility index (Phi) is 4.98. The molecule has 1 heterocycles. The summed E-state index contributed by atoms with van der Waals surface area (Å²) in [4.78, 5) is 2.57. The lowest BCUT2D eigenvalue weighted by molar-refractivity contribution is 0.0695. The molecule has 0 atom stereocenters. The van der Waals surface area contributed by atoms with Gasteiger partial charge in [0.2, 0.25) is 0 Å². The molecule has 1 spiro atoms. The van der Waals surface area contributed by atoms with Crippen LogP contribution in [0.15, 0.2) is 0 Å². The van der Waals surface area contributed by atoms with E-state index in [2.05, 4.69) is 17.5 Å². The van der Waals surface area contributed by atoms with Crippen LogP contribution < -0.4 is 0 Å². The molecule has 0 bridgehead atoms. The number of thiol groups is 1. The Morgan fingerprint density at radius 2 is 1.69 bits per heavy atom. The third-order valence-corrected chi connectivity index (χ3v) is 4.55. The number of rotatable bonds is 5. The first-order valence-electron chi connectivity index (χ1n) is 6.76. The summed E-state index contributed by atoms with van der Waals surface area (Å²) in [6.45, 7) is 5.38. The summed E-state index contributed by atoms with van der Waals surface area (Å²) >= 11 is 4.14. The number of ether oxygens (including phenoxy) is 1. The predicted octanol–water partition coefficient (Wildman–Crippen LogP) is 2.59. The van der Waals surface area contributed by atoms with Crippen LogP contribution in [0.2, 0.25) is 0 Å². The molecular weight excluding hydrogens is 218 g/mol. The molecule has 94 valence electrons. The molecule has 0 N–H and O–H groups in total. The first-order valence-corrected chi connectivity index (χ1v) is 7.39. The molecule has 1 aliphatic heterocycles. The van der Waals surface area contributed by atoms with Crippen molar-refractivity contribution in [3.8, 4) is 0 Å². The number of likely N-dealkylation sites (tertiary alicyclic amines) is 1. The van der Waals surface area contributed by atoms with E-state index >= 15 is 0 Å². The molecule has 0 amide bonds. The molecule has 2 aliphatic rings. The lowest BCUT2D eigenvalue weighted by Gasteiger charge is -2.39. The summed E-state index contributed by atoms with van der Waals surface area (Å²) in [5, 5.41) is 0. The smallest absolute Gasteiger partial charge is 0.0593 e. The third-order valence-electron chi connectivity index (χ3n) is 4.37. The van der Waals surface area contributed by atoms with Crippen LogP contribution in [0.5, 0.6) is 0 Å². The van der Waals surface area contributed by atoms with E-state index in [0.29, 0.717) is 0 Å². The van der Waals surface area contributed by atoms with Gasteiger partial charge in [0.25, 0.3) is 0 Å². The standard InChI is InChI=1S/C13H25NOS/c16-12-11-15-10-9-14-7-5-13(6-8-14)3-1-2-4-13/h16H,1-12H2. The zero-order valence-corrected chi connectivity index (χ0v) is 11.2. The van der Waals surface area contributed by atoms with E-state index in [4.69, 9.17) is 4.74 Å². The lowest BCUT2D eigenvalue weighted by Crippen LogP contribution is -2.40. The van der Waals surface area contributed by atoms with Gasteiger partial charge in [-0.25, -0.2) is 0 Å². The highest BCUT2D eigenvalue weighted by Gasteiger charge is 2.36. The van der Waals surface area contributed by atoms with Gasteiger partial charge in [0.15, 0.2) is 0 Å². The summed E-state index contributed by atoms with van der Waals surface area (Å²) in [6.07, 6.45) is 8.81. The lowest BCUT2D eigenvalue weighted by atomic mass is 9.77. The van der Waals surface area contributed by atoms with Crippen molar-refractivity contribution in [2.75, 3.05) is 38.6 Å². The highest BCUT2D eigenvalue weighted by Crippen LogP contribution is 2.45. The van der Waals surface area contributed by atoms with E-state index in [0.717, 1.165) is 30.9 Å². The second kappa shape index (κ2) is 6.27. The van der Waals surface area contributed by atoms with Gasteiger partial charge >= 0.3 is 0 Å². The van der Waals surface area contributed by atoms with Crippen molar-refractivity contribution >= 4 is 12.6 Å². The normalized spacial score (nSPS) is 25.3. The van der Waals surface area contributed by atoms with Gasteiger partial charge in [0.05, 0.1) is 13.2 Å². The average Bonchev–Trinajstić information content (AvgIpc) is 2.76. The largest absolute Gasteiger partial charge is 0.379 e. The highest BCUT2D eigenvalue weighted by molar-refractivity contribution is 7.80. The minimum absolute atomic E-state index is 0.752. The Bertz CT molecular complexity index is 194. The Balaban J connectivity index is 1.61. The molecule has 2 nitrogen and oxygen atoms in total. The fourth-order valence-corrected chi connectivity index (χ4v) is 3.37. The summed E-state index contributed by atoms with van der Waals surface area (Å²) in [5.74, 6) is 0.836. The highest BCUT2D eigenvalue weighted by atomic mass is 32.1. The van der Waals surface area contributed by atoms with E-state index in [1.165, 1.54) is 51.6 Å². The fraction of sp³-hybridized carbons (Fsp3) is 1.00. The Labute approximate surface area is 105 Å². The van der Waals surface area contributed by atoms with Crippen LogP contribution in [0.1, 0.15) is 38.5 Å². The minimum Gasteiger partial charge on any atom is -0.379 e. The summed E-state index contributed by atoms with van der Waals surface area (Å²) in [7, 11) is 0. The van der Waals surface area contributed by atoms with Crippen molar-refractivity contribution in [3.63, 3.8) is 0 Å². The second-order valence-corrected chi connectivity index (χ2v) is 5.83. The molecule has 1 saturated heterocycles. The zero-order chi connectivity index (χ0) is 11.3. The topological polar surface area (TPSA) is 12.5 Å².